The zero-order valence-electron chi connectivity index (χ0n) is 13.3. The Bertz CT molecular complexity index is 564. The molecular weight excluding hydrogens is 264 g/mol. The molecule has 1 aromatic rings. The van der Waals surface area contributed by atoms with Gasteiger partial charge in [-0.15, -0.1) is 0 Å². The summed E-state index contributed by atoms with van der Waals surface area (Å²) >= 11 is 0. The molecule has 4 heteroatoms. The van der Waals surface area contributed by atoms with Gasteiger partial charge in [0.05, 0.1) is 5.41 Å². The quantitative estimate of drug-likeness (QED) is 0.905. The Balaban J connectivity index is 2.10. The maximum Gasteiger partial charge on any atom is 0.236 e. The molecule has 21 heavy (non-hydrogen) atoms. The normalized spacial score (nSPS) is 16.0. The molecule has 0 radical (unpaired) electrons. The van der Waals surface area contributed by atoms with Gasteiger partial charge in [0.15, 0.2) is 0 Å². The predicted octanol–water partition coefficient (Wildman–Crippen LogP) is 2.75. The fraction of sp³-hybridized carbons (Fsp3) is 0.529. The van der Waals surface area contributed by atoms with Crippen LogP contribution in [0.3, 0.4) is 0 Å². The third-order valence-electron chi connectivity index (χ3n) is 4.18. The highest BCUT2D eigenvalue weighted by Gasteiger charge is 2.42. The van der Waals surface area contributed by atoms with Gasteiger partial charge in [-0.25, -0.2) is 0 Å². The lowest BCUT2D eigenvalue weighted by molar-refractivity contribution is -0.122. The number of carbonyl (C=O) groups excluding carboxylic acids is 2. The largest absolute Gasteiger partial charge is 0.352 e. The topological polar surface area (TPSA) is 49.4 Å². The molecule has 1 aliphatic heterocycles. The van der Waals surface area contributed by atoms with Crippen molar-refractivity contribution in [2.45, 2.75) is 52.0 Å². The molecule has 0 aromatic heterocycles. The minimum absolute atomic E-state index is 0.0878. The monoisotopic (exact) mass is 288 g/mol. The summed E-state index contributed by atoms with van der Waals surface area (Å²) in [4.78, 5) is 25.6. The Morgan fingerprint density at radius 1 is 1.33 bits per heavy atom. The maximum absolute atomic E-state index is 12.2. The Morgan fingerprint density at radius 2 is 2.05 bits per heavy atom. The first kappa shape index (κ1) is 15.5. The van der Waals surface area contributed by atoms with E-state index >= 15 is 0 Å². The van der Waals surface area contributed by atoms with Crippen LogP contribution in [0.4, 0.5) is 5.69 Å². The number of nitrogens with one attached hydrogen (secondary N) is 1. The van der Waals surface area contributed by atoms with E-state index in [9.17, 15) is 9.59 Å². The molecule has 0 aliphatic carbocycles. The molecule has 1 heterocycles. The Labute approximate surface area is 126 Å². The maximum atomic E-state index is 12.2. The van der Waals surface area contributed by atoms with Crippen molar-refractivity contribution in [2.75, 3.05) is 11.9 Å². The molecule has 4 nitrogen and oxygen atoms in total. The summed E-state index contributed by atoms with van der Waals surface area (Å²) in [7, 11) is 1.81. The van der Waals surface area contributed by atoms with Crippen LogP contribution in [0.15, 0.2) is 18.2 Å². The molecule has 0 saturated heterocycles. The van der Waals surface area contributed by atoms with Crippen LogP contribution in [0, 0.1) is 0 Å². The Hall–Kier alpha value is -1.84. The van der Waals surface area contributed by atoms with Crippen LogP contribution in [0.2, 0.25) is 0 Å². The number of anilines is 1. The molecule has 1 N–H and O–H groups in total. The van der Waals surface area contributed by atoms with E-state index in [0.29, 0.717) is 13.0 Å². The lowest BCUT2D eigenvalue weighted by Crippen LogP contribution is -2.33. The SMILES string of the molecule is CCCCC(=O)NCc1ccc2c(c1)C(C)(C)C(=O)N2C. The van der Waals surface area contributed by atoms with Crippen molar-refractivity contribution in [3.05, 3.63) is 29.3 Å². The fourth-order valence-corrected chi connectivity index (χ4v) is 2.76. The predicted molar refractivity (Wildman–Crippen MR) is 84.2 cm³/mol. The second-order valence-electron chi connectivity index (χ2n) is 6.22. The van der Waals surface area contributed by atoms with Crippen LogP contribution in [-0.2, 0) is 21.5 Å². The van der Waals surface area contributed by atoms with Crippen molar-refractivity contribution in [3.63, 3.8) is 0 Å². The van der Waals surface area contributed by atoms with Gasteiger partial charge in [0.1, 0.15) is 0 Å². The van der Waals surface area contributed by atoms with Gasteiger partial charge in [0.2, 0.25) is 11.8 Å². The first-order chi connectivity index (χ1) is 9.87. The van der Waals surface area contributed by atoms with E-state index in [1.165, 1.54) is 0 Å². The summed E-state index contributed by atoms with van der Waals surface area (Å²) in [6, 6.07) is 5.98. The van der Waals surface area contributed by atoms with Crippen molar-refractivity contribution in [2.24, 2.45) is 0 Å². The molecule has 1 aromatic carbocycles. The molecular formula is C17H24N2O2. The number of unbranched alkanes of at least 4 members (excludes halogenated alkanes) is 1. The van der Waals surface area contributed by atoms with Crippen molar-refractivity contribution in [1.29, 1.82) is 0 Å². The zero-order chi connectivity index (χ0) is 15.6. The lowest BCUT2D eigenvalue weighted by atomic mass is 9.85. The van der Waals surface area contributed by atoms with E-state index in [1.54, 1.807) is 4.90 Å². The fourth-order valence-electron chi connectivity index (χ4n) is 2.76. The van der Waals surface area contributed by atoms with Gasteiger partial charge in [-0.1, -0.05) is 25.5 Å². The van der Waals surface area contributed by atoms with E-state index in [1.807, 2.05) is 39.1 Å². The minimum atomic E-state index is -0.494. The summed E-state index contributed by atoms with van der Waals surface area (Å²) in [5.74, 6) is 0.200. The standard InChI is InChI=1S/C17H24N2O2/c1-5-6-7-15(20)18-11-12-8-9-14-13(10-12)17(2,3)16(21)19(14)4/h8-10H,5-7,11H2,1-4H3,(H,18,20). The lowest BCUT2D eigenvalue weighted by Gasteiger charge is -2.16. The number of hydrogen-bond acceptors (Lipinski definition) is 2. The number of amides is 2. The second-order valence-corrected chi connectivity index (χ2v) is 6.22. The zero-order valence-corrected chi connectivity index (χ0v) is 13.3. The van der Waals surface area contributed by atoms with Gasteiger partial charge < -0.3 is 10.2 Å². The number of benzene rings is 1. The van der Waals surface area contributed by atoms with Crippen molar-refractivity contribution < 1.29 is 9.59 Å². The summed E-state index contributed by atoms with van der Waals surface area (Å²) in [6.07, 6.45) is 2.52. The molecule has 0 atom stereocenters. The molecule has 0 fully saturated rings. The number of nitrogens with zero attached hydrogens (tertiary/aromatic N) is 1. The summed E-state index contributed by atoms with van der Waals surface area (Å²) in [5, 5.41) is 2.94. The van der Waals surface area contributed by atoms with E-state index in [4.69, 9.17) is 0 Å². The summed E-state index contributed by atoms with van der Waals surface area (Å²) < 4.78 is 0. The molecule has 2 rings (SSSR count). The summed E-state index contributed by atoms with van der Waals surface area (Å²) in [5.41, 5.74) is 2.54. The van der Waals surface area contributed by atoms with Gasteiger partial charge in [-0.3, -0.25) is 9.59 Å². The average molecular weight is 288 g/mol. The van der Waals surface area contributed by atoms with Crippen LogP contribution < -0.4 is 10.2 Å². The van der Waals surface area contributed by atoms with Crippen LogP contribution >= 0.6 is 0 Å². The number of fused-ring (bicyclic) bond motifs is 1. The number of likely N-dealkylation sites (N-methyl/N-ethyl adjacent to an activating group) is 1. The highest BCUT2D eigenvalue weighted by Crippen LogP contribution is 2.40. The van der Waals surface area contributed by atoms with Crippen LogP contribution in [0.1, 0.15) is 51.2 Å². The first-order valence-corrected chi connectivity index (χ1v) is 7.56. The van der Waals surface area contributed by atoms with E-state index in [-0.39, 0.29) is 11.8 Å². The van der Waals surface area contributed by atoms with Crippen LogP contribution in [0.25, 0.3) is 0 Å². The molecule has 0 bridgehead atoms. The number of hydrogen-bond donors (Lipinski definition) is 1. The van der Waals surface area contributed by atoms with Crippen molar-refractivity contribution >= 4 is 17.5 Å². The number of rotatable bonds is 5. The Kier molecular flexibility index (Phi) is 4.35. The average Bonchev–Trinajstić information content (AvgIpc) is 2.64. The molecule has 0 spiro atoms. The Morgan fingerprint density at radius 3 is 2.71 bits per heavy atom. The number of carbonyl (C=O) groups is 2. The van der Waals surface area contributed by atoms with Crippen molar-refractivity contribution in [1.82, 2.24) is 5.32 Å². The third-order valence-corrected chi connectivity index (χ3v) is 4.18. The van der Waals surface area contributed by atoms with Gasteiger partial charge >= 0.3 is 0 Å². The molecule has 0 saturated carbocycles. The summed E-state index contributed by atoms with van der Waals surface area (Å²) in [6.45, 7) is 6.48. The molecule has 2 amide bonds. The van der Waals surface area contributed by atoms with Gasteiger partial charge in [-0.2, -0.15) is 0 Å². The minimum Gasteiger partial charge on any atom is -0.352 e. The van der Waals surface area contributed by atoms with E-state index < -0.39 is 5.41 Å². The molecule has 114 valence electrons. The smallest absolute Gasteiger partial charge is 0.236 e. The second kappa shape index (κ2) is 5.88. The highest BCUT2D eigenvalue weighted by molar-refractivity contribution is 6.07. The molecule has 0 unspecified atom stereocenters. The van der Waals surface area contributed by atoms with Crippen molar-refractivity contribution in [3.8, 4) is 0 Å². The van der Waals surface area contributed by atoms with Crippen LogP contribution in [-0.4, -0.2) is 18.9 Å². The highest BCUT2D eigenvalue weighted by atomic mass is 16.2. The van der Waals surface area contributed by atoms with E-state index in [2.05, 4.69) is 12.2 Å². The molecule has 1 aliphatic rings. The first-order valence-electron chi connectivity index (χ1n) is 7.56. The third kappa shape index (κ3) is 2.94. The van der Waals surface area contributed by atoms with Gasteiger partial charge in [0.25, 0.3) is 0 Å². The van der Waals surface area contributed by atoms with Gasteiger partial charge in [0, 0.05) is 25.7 Å². The van der Waals surface area contributed by atoms with E-state index in [0.717, 1.165) is 29.7 Å². The van der Waals surface area contributed by atoms with Crippen LogP contribution in [0.5, 0.6) is 0 Å². The van der Waals surface area contributed by atoms with Gasteiger partial charge in [-0.05, 0) is 37.5 Å².